The molecule has 14 nitrogen and oxygen atoms in total. The maximum Gasteiger partial charge on any atom is 0.396 e. The summed E-state index contributed by atoms with van der Waals surface area (Å²) >= 11 is 0. The van der Waals surface area contributed by atoms with E-state index in [0.717, 1.165) is 12.8 Å². The van der Waals surface area contributed by atoms with E-state index < -0.39 is 42.6 Å². The highest BCUT2D eigenvalue weighted by Crippen LogP contribution is 2.41. The first-order chi connectivity index (χ1) is 20.7. The summed E-state index contributed by atoms with van der Waals surface area (Å²) in [6, 6.07) is 3.74. The fourth-order valence-corrected chi connectivity index (χ4v) is 6.80. The number of H-pyrrole nitrogens is 1. The Balaban J connectivity index is 1.36. The molecule has 3 heterocycles. The van der Waals surface area contributed by atoms with Crippen LogP contribution in [0.15, 0.2) is 24.3 Å². The van der Waals surface area contributed by atoms with Gasteiger partial charge in [-0.05, 0) is 76.6 Å². The van der Waals surface area contributed by atoms with Crippen LogP contribution in [0.1, 0.15) is 79.6 Å². The van der Waals surface area contributed by atoms with E-state index in [2.05, 4.69) is 20.5 Å². The van der Waals surface area contributed by atoms with Gasteiger partial charge in [0.25, 0.3) is 11.4 Å². The van der Waals surface area contributed by atoms with Crippen molar-refractivity contribution in [2.24, 2.45) is 5.73 Å². The van der Waals surface area contributed by atoms with Crippen molar-refractivity contribution < 1.29 is 38.3 Å². The largest absolute Gasteiger partial charge is 0.396 e. The minimum Gasteiger partial charge on any atom is -0.370 e. The summed E-state index contributed by atoms with van der Waals surface area (Å²) in [5.41, 5.74) is 3.91. The van der Waals surface area contributed by atoms with E-state index in [0.29, 0.717) is 43.1 Å². The minimum atomic E-state index is -4.98. The van der Waals surface area contributed by atoms with Crippen LogP contribution in [0.3, 0.4) is 0 Å². The Morgan fingerprint density at radius 1 is 1.14 bits per heavy atom. The number of hydrogen-bond donors (Lipinski definition) is 6. The molecule has 44 heavy (non-hydrogen) atoms. The minimum absolute atomic E-state index is 0.101. The predicted molar refractivity (Wildman–Crippen MR) is 159 cm³/mol. The number of nitrogens with two attached hydrogens (primary N) is 1. The van der Waals surface area contributed by atoms with Crippen LogP contribution in [0.4, 0.5) is 0 Å². The van der Waals surface area contributed by atoms with Crippen molar-refractivity contribution in [1.29, 1.82) is 0 Å². The molecule has 238 valence electrons. The van der Waals surface area contributed by atoms with Crippen LogP contribution in [-0.2, 0) is 18.9 Å². The molecule has 2 aliphatic heterocycles. The molecule has 3 atom stereocenters. The van der Waals surface area contributed by atoms with Crippen LogP contribution >= 0.6 is 7.60 Å². The number of aromatic nitrogens is 1. The van der Waals surface area contributed by atoms with Crippen molar-refractivity contribution >= 4 is 47.7 Å². The molecule has 1 saturated carbocycles. The fourth-order valence-electron chi connectivity index (χ4n) is 6.32. The molecular formula is C29H39N6O8P. The van der Waals surface area contributed by atoms with Gasteiger partial charge in [0.15, 0.2) is 0 Å². The quantitative estimate of drug-likeness (QED) is 0.206. The number of rotatable bonds is 10. The number of nitrogens with zero attached hydrogens (tertiary/aromatic N) is 2. The standard InChI is InChI=1S/C29H39N6O8P/c1-16(2)34-12-8-19-4-6-23(26(38)33-29(10-11-29)9-7-24(30)36)35(19)27(39)22(15-34)32-25(37)21-14-18-13-17(3-5-20(18)31-21)28(40)44(41,42)43/h3,5,13-14,16,19,22-23,31H,4,6-12,15H2,1-2H3,(H2,30,36)(H,32,37)(H,33,38)(H2,41,42,43)/t19-,22+,23+/m1/s1. The van der Waals surface area contributed by atoms with Gasteiger partial charge in [0.05, 0.1) is 0 Å². The highest BCUT2D eigenvalue weighted by atomic mass is 31.2. The third kappa shape index (κ3) is 6.73. The number of nitrogens with one attached hydrogen (secondary N) is 3. The number of carbonyl (C=O) groups is 5. The van der Waals surface area contributed by atoms with E-state index >= 15 is 0 Å². The lowest BCUT2D eigenvalue weighted by molar-refractivity contribution is -0.144. The van der Waals surface area contributed by atoms with Crippen LogP contribution in [0.5, 0.6) is 0 Å². The maximum absolute atomic E-state index is 14.1. The normalized spacial score (nSPS) is 23.6. The highest BCUT2D eigenvalue weighted by Gasteiger charge is 2.49. The molecule has 0 radical (unpaired) electrons. The Morgan fingerprint density at radius 3 is 2.50 bits per heavy atom. The summed E-state index contributed by atoms with van der Waals surface area (Å²) in [5, 5.41) is 6.32. The molecule has 4 amide bonds. The van der Waals surface area contributed by atoms with Gasteiger partial charge in [0, 0.05) is 53.6 Å². The van der Waals surface area contributed by atoms with Crippen LogP contribution in [0.2, 0.25) is 0 Å². The average molecular weight is 631 g/mol. The Labute approximate surface area is 254 Å². The summed E-state index contributed by atoms with van der Waals surface area (Å²) in [7, 11) is -4.98. The van der Waals surface area contributed by atoms with Crippen LogP contribution in [-0.4, -0.2) is 96.5 Å². The molecule has 1 aromatic carbocycles. The summed E-state index contributed by atoms with van der Waals surface area (Å²) < 4.78 is 11.4. The Hall–Kier alpha value is -3.58. The first-order valence-electron chi connectivity index (χ1n) is 14.9. The predicted octanol–water partition coefficient (Wildman–Crippen LogP) is 0.972. The van der Waals surface area contributed by atoms with E-state index in [1.807, 2.05) is 13.8 Å². The second-order valence-electron chi connectivity index (χ2n) is 12.5. The molecular weight excluding hydrogens is 591 g/mol. The first-order valence-corrected chi connectivity index (χ1v) is 16.5. The number of fused-ring (bicyclic) bond motifs is 2. The maximum atomic E-state index is 14.1. The number of primary amides is 1. The van der Waals surface area contributed by atoms with Crippen molar-refractivity contribution in [3.63, 3.8) is 0 Å². The SMILES string of the molecule is CC(C)N1CC[C@H]2CC[C@@H](C(=O)NC3(CCC(N)=O)CC3)N2C(=O)[C@@H](NC(=O)c2cc3cc(C(=O)P(=O)(O)O)ccc3[nH]2)C1. The van der Waals surface area contributed by atoms with Crippen molar-refractivity contribution in [2.45, 2.75) is 88.5 Å². The van der Waals surface area contributed by atoms with Gasteiger partial charge in [-0.15, -0.1) is 0 Å². The van der Waals surface area contributed by atoms with Crippen molar-refractivity contribution in [2.75, 3.05) is 13.1 Å². The molecule has 0 unspecified atom stereocenters. The molecule has 1 aliphatic carbocycles. The molecule has 0 spiro atoms. The number of amides is 4. The molecule has 2 saturated heterocycles. The lowest BCUT2D eigenvalue weighted by atomic mass is 10.1. The van der Waals surface area contributed by atoms with Crippen molar-refractivity contribution in [3.8, 4) is 0 Å². The van der Waals surface area contributed by atoms with E-state index in [1.54, 1.807) is 4.90 Å². The van der Waals surface area contributed by atoms with Crippen LogP contribution in [0.25, 0.3) is 10.9 Å². The van der Waals surface area contributed by atoms with Gasteiger partial charge in [-0.2, -0.15) is 0 Å². The zero-order chi connectivity index (χ0) is 32.0. The number of carbonyl (C=O) groups excluding carboxylic acids is 5. The van der Waals surface area contributed by atoms with E-state index in [1.165, 1.54) is 24.3 Å². The van der Waals surface area contributed by atoms with Crippen LogP contribution in [0, 0.1) is 0 Å². The van der Waals surface area contributed by atoms with Gasteiger partial charge < -0.3 is 36.0 Å². The van der Waals surface area contributed by atoms with Gasteiger partial charge in [-0.1, -0.05) is 0 Å². The van der Waals surface area contributed by atoms with Crippen molar-refractivity contribution in [1.82, 2.24) is 25.4 Å². The molecule has 0 bridgehead atoms. The van der Waals surface area contributed by atoms with Gasteiger partial charge >= 0.3 is 7.60 Å². The second-order valence-corrected chi connectivity index (χ2v) is 14.0. The van der Waals surface area contributed by atoms with E-state index in [9.17, 15) is 38.3 Å². The third-order valence-corrected chi connectivity index (χ3v) is 9.82. The summed E-state index contributed by atoms with van der Waals surface area (Å²) in [6.07, 6.45) is 3.97. The molecule has 3 fully saturated rings. The number of aromatic amines is 1. The second kappa shape index (κ2) is 12.1. The van der Waals surface area contributed by atoms with Crippen molar-refractivity contribution in [3.05, 3.63) is 35.5 Å². The molecule has 3 aliphatic rings. The summed E-state index contributed by atoms with van der Waals surface area (Å²) in [6.45, 7) is 4.95. The molecule has 7 N–H and O–H groups in total. The van der Waals surface area contributed by atoms with E-state index in [4.69, 9.17) is 5.73 Å². The molecule has 2 aromatic rings. The number of hydrogen-bond acceptors (Lipinski definition) is 7. The Bertz CT molecular complexity index is 1550. The van der Waals surface area contributed by atoms with Crippen LogP contribution < -0.4 is 16.4 Å². The number of benzene rings is 1. The van der Waals surface area contributed by atoms with Gasteiger partial charge in [-0.3, -0.25) is 33.4 Å². The topological polar surface area (TPSA) is 215 Å². The summed E-state index contributed by atoms with van der Waals surface area (Å²) in [5.74, 6) is -1.61. The van der Waals surface area contributed by atoms with Gasteiger partial charge in [0.1, 0.15) is 17.8 Å². The molecule has 1 aromatic heterocycles. The van der Waals surface area contributed by atoms with Gasteiger partial charge in [0.2, 0.25) is 17.7 Å². The zero-order valence-corrected chi connectivity index (χ0v) is 25.6. The monoisotopic (exact) mass is 630 g/mol. The lowest BCUT2D eigenvalue weighted by Crippen LogP contribution is -2.61. The lowest BCUT2D eigenvalue weighted by Gasteiger charge is -2.40. The average Bonchev–Trinajstić information content (AvgIpc) is 3.37. The smallest absolute Gasteiger partial charge is 0.370 e. The Kier molecular flexibility index (Phi) is 8.74. The molecule has 15 heteroatoms. The zero-order valence-electron chi connectivity index (χ0n) is 24.7. The fraction of sp³-hybridized carbons (Fsp3) is 0.552. The molecule has 5 rings (SSSR count). The van der Waals surface area contributed by atoms with Gasteiger partial charge in [-0.25, -0.2) is 0 Å². The summed E-state index contributed by atoms with van der Waals surface area (Å²) in [4.78, 5) is 89.7. The highest BCUT2D eigenvalue weighted by molar-refractivity contribution is 7.70. The Morgan fingerprint density at radius 2 is 1.86 bits per heavy atom. The van der Waals surface area contributed by atoms with E-state index in [-0.39, 0.29) is 48.1 Å². The first kappa shape index (κ1) is 31.8. The third-order valence-electron chi connectivity index (χ3n) is 9.03.